The first-order valence-corrected chi connectivity index (χ1v) is 25.5. The zero-order valence-corrected chi connectivity index (χ0v) is 43.5. The molecule has 1 amide bonds. The maximum Gasteiger partial charge on any atom is 0.329 e. The number of hydrogen-bond acceptors (Lipinski definition) is 13. The van der Waals surface area contributed by atoms with Gasteiger partial charge in [0.1, 0.15) is 24.0 Å². The largest absolute Gasteiger partial charge is 0.460 e. The molecular formula is C54H90N2O12. The Bertz CT molecular complexity index is 1700. The van der Waals surface area contributed by atoms with Gasteiger partial charge in [-0.1, -0.05) is 84.1 Å². The van der Waals surface area contributed by atoms with E-state index in [0.29, 0.717) is 68.8 Å². The molecule has 4 N–H and O–H groups in total. The van der Waals surface area contributed by atoms with Crippen LogP contribution in [0.15, 0.2) is 48.1 Å². The standard InChI is InChI=1S/C54H90N2O12/c1-13-14-15-18-36(5)43(55-10)32-42-22-20-40(9)54(63,68-42)51(60)52(61)56-24-17-16-19-44(56)53(62)67-47(38(7)30-41-21-23-46(66-26-25-57)48(31-41)64-11)33-45(58)37(6)29-39(8)50(59)49(65-12)28-35(4)27-34(2)3/h13-15,18,29,34-35,37-38,40-44,46-50,55,57,59,63H,1,16-17,19-28,30-33H2,2-12H3/b15-14+,36-18+,39-29+/t35-,37-,38-,40-,41+,42?,43+,44+,46-,47+,48-,49+,50-,54-/m1/s1. The van der Waals surface area contributed by atoms with Gasteiger partial charge in [0.2, 0.25) is 5.79 Å². The molecule has 3 rings (SSSR count). The molecule has 1 unspecified atom stereocenters. The van der Waals surface area contributed by atoms with Gasteiger partial charge < -0.3 is 49.2 Å². The lowest BCUT2D eigenvalue weighted by atomic mass is 9.78. The van der Waals surface area contributed by atoms with E-state index in [1.165, 1.54) is 4.90 Å². The van der Waals surface area contributed by atoms with Crippen LogP contribution < -0.4 is 5.32 Å². The summed E-state index contributed by atoms with van der Waals surface area (Å²) < 4.78 is 29.9. The Balaban J connectivity index is 1.86. The number of hydrogen-bond donors (Lipinski definition) is 4. The smallest absolute Gasteiger partial charge is 0.329 e. The number of aliphatic hydroxyl groups is 3. The molecule has 2 heterocycles. The molecular weight excluding hydrogens is 869 g/mol. The van der Waals surface area contributed by atoms with Gasteiger partial charge in [-0.05, 0) is 127 Å². The van der Waals surface area contributed by atoms with Crippen molar-refractivity contribution >= 4 is 23.4 Å². The first-order chi connectivity index (χ1) is 32.2. The Morgan fingerprint density at radius 2 is 1.65 bits per heavy atom. The molecule has 14 nitrogen and oxygen atoms in total. The molecule has 2 saturated heterocycles. The number of aliphatic hydroxyl groups excluding tert-OH is 2. The SMILES string of the molecule is C=C/C=C/C=C(\C)[C@H](CC1CC[C@@H](C)[C@](O)(C(=O)C(=O)N2CCCC[C@H]2C(=O)O[C@@H](CC(=O)[C@H](C)/C=C(\C)[C@@H](O)[C@H](C[C@H](C)CC(C)C)OC)[C@H](C)C[C@@H]2CC[C@@H](OCCO)[C@H](OC)C2)O1)NC. The number of ether oxygens (including phenoxy) is 5. The molecule has 0 aromatic carbocycles. The number of piperidine rings is 1. The number of Topliss-reactive ketones (excluding diaryl/α,β-unsaturated/α-hetero) is 2. The lowest BCUT2D eigenvalue weighted by molar-refractivity contribution is -0.264. The summed E-state index contributed by atoms with van der Waals surface area (Å²) in [5.41, 5.74) is 1.65. The first kappa shape index (κ1) is 59.2. The van der Waals surface area contributed by atoms with Crippen LogP contribution in [0.2, 0.25) is 0 Å². The summed E-state index contributed by atoms with van der Waals surface area (Å²) in [6.07, 6.45) is 13.4. The van der Waals surface area contributed by atoms with E-state index in [-0.39, 0.29) is 68.5 Å². The van der Waals surface area contributed by atoms with Crippen LogP contribution in [-0.4, -0.2) is 139 Å². The molecule has 0 aromatic heterocycles. The number of likely N-dealkylation sites (tertiary alicyclic amines) is 1. The van der Waals surface area contributed by atoms with E-state index in [4.69, 9.17) is 23.7 Å². The monoisotopic (exact) mass is 959 g/mol. The molecule has 0 bridgehead atoms. The minimum Gasteiger partial charge on any atom is -0.460 e. The van der Waals surface area contributed by atoms with E-state index in [1.807, 2.05) is 39.1 Å². The number of likely N-dealkylation sites (N-methyl/N-ethyl adjacent to an activating group) is 1. The number of carbonyl (C=O) groups is 4. The van der Waals surface area contributed by atoms with Gasteiger partial charge in [0, 0.05) is 45.1 Å². The van der Waals surface area contributed by atoms with Crippen LogP contribution >= 0.6 is 0 Å². The van der Waals surface area contributed by atoms with Crippen molar-refractivity contribution in [1.29, 1.82) is 0 Å². The van der Waals surface area contributed by atoms with Gasteiger partial charge in [0.05, 0.1) is 37.6 Å². The fourth-order valence-corrected chi connectivity index (χ4v) is 10.6. The zero-order valence-electron chi connectivity index (χ0n) is 43.5. The maximum atomic E-state index is 14.5. The summed E-state index contributed by atoms with van der Waals surface area (Å²) in [7, 11) is 5.07. The molecule has 3 aliphatic rings. The molecule has 1 aliphatic carbocycles. The zero-order chi connectivity index (χ0) is 50.7. The van der Waals surface area contributed by atoms with Gasteiger partial charge in [-0.15, -0.1) is 0 Å². The highest BCUT2D eigenvalue weighted by Crippen LogP contribution is 2.38. The number of methoxy groups -OCH3 is 2. The quantitative estimate of drug-likeness (QED) is 0.0266. The Morgan fingerprint density at radius 3 is 2.28 bits per heavy atom. The molecule has 3 fully saturated rings. The predicted octanol–water partition coefficient (Wildman–Crippen LogP) is 7.23. The molecule has 0 spiro atoms. The number of allylic oxidation sites excluding steroid dienone is 5. The number of amides is 1. The third kappa shape index (κ3) is 17.3. The average Bonchev–Trinajstić information content (AvgIpc) is 3.31. The van der Waals surface area contributed by atoms with Gasteiger partial charge in [-0.2, -0.15) is 0 Å². The molecule has 0 radical (unpaired) electrons. The highest BCUT2D eigenvalue weighted by molar-refractivity contribution is 6.39. The Morgan fingerprint density at radius 1 is 0.926 bits per heavy atom. The summed E-state index contributed by atoms with van der Waals surface area (Å²) >= 11 is 0. The summed E-state index contributed by atoms with van der Waals surface area (Å²) in [5.74, 6) is -5.94. The van der Waals surface area contributed by atoms with E-state index in [0.717, 1.165) is 24.8 Å². The second-order valence-corrected chi connectivity index (χ2v) is 20.7. The average molecular weight is 959 g/mol. The van der Waals surface area contributed by atoms with Crippen LogP contribution in [0.3, 0.4) is 0 Å². The highest BCUT2D eigenvalue weighted by atomic mass is 16.6. The van der Waals surface area contributed by atoms with Gasteiger partial charge in [-0.3, -0.25) is 14.4 Å². The summed E-state index contributed by atoms with van der Waals surface area (Å²) in [6, 6.07) is -1.22. The minimum atomic E-state index is -2.39. The van der Waals surface area contributed by atoms with E-state index in [2.05, 4.69) is 32.7 Å². The van der Waals surface area contributed by atoms with Gasteiger partial charge in [-0.25, -0.2) is 4.79 Å². The van der Waals surface area contributed by atoms with Crippen LogP contribution in [0.5, 0.6) is 0 Å². The molecule has 14 atom stereocenters. The lowest BCUT2D eigenvalue weighted by Gasteiger charge is -2.43. The normalized spacial score (nSPS) is 28.4. The molecule has 68 heavy (non-hydrogen) atoms. The first-order valence-electron chi connectivity index (χ1n) is 25.5. The third-order valence-corrected chi connectivity index (χ3v) is 14.7. The van der Waals surface area contributed by atoms with E-state index in [9.17, 15) is 34.5 Å². The number of rotatable bonds is 28. The Hall–Kier alpha value is -3.08. The number of carbonyl (C=O) groups excluding carboxylic acids is 4. The molecule has 388 valence electrons. The number of nitrogens with one attached hydrogen (secondary N) is 1. The van der Waals surface area contributed by atoms with Crippen molar-refractivity contribution in [3.05, 3.63) is 48.1 Å². The van der Waals surface area contributed by atoms with Crippen LogP contribution in [0.1, 0.15) is 139 Å². The topological polar surface area (TPSA) is 190 Å². The maximum absolute atomic E-state index is 14.5. The number of ketones is 2. The Labute approximate surface area is 408 Å². The molecule has 14 heteroatoms. The minimum absolute atomic E-state index is 0.0813. The summed E-state index contributed by atoms with van der Waals surface area (Å²) in [4.78, 5) is 58.4. The van der Waals surface area contributed by atoms with Crippen LogP contribution in [0.4, 0.5) is 0 Å². The van der Waals surface area contributed by atoms with E-state index in [1.54, 1.807) is 47.1 Å². The van der Waals surface area contributed by atoms with Crippen LogP contribution in [0.25, 0.3) is 0 Å². The van der Waals surface area contributed by atoms with Gasteiger partial charge in [0.15, 0.2) is 0 Å². The summed E-state index contributed by atoms with van der Waals surface area (Å²) in [5, 5.41) is 35.9. The van der Waals surface area contributed by atoms with Gasteiger partial charge in [0.25, 0.3) is 11.7 Å². The fraction of sp³-hybridized carbons (Fsp3) is 0.778. The van der Waals surface area contributed by atoms with Crippen LogP contribution in [0, 0.1) is 35.5 Å². The molecule has 2 aliphatic heterocycles. The molecule has 1 saturated carbocycles. The molecule has 0 aromatic rings. The lowest BCUT2D eigenvalue weighted by Crippen LogP contribution is -2.61. The fourth-order valence-electron chi connectivity index (χ4n) is 10.6. The van der Waals surface area contributed by atoms with Crippen molar-refractivity contribution in [3.63, 3.8) is 0 Å². The van der Waals surface area contributed by atoms with E-state index < -0.39 is 65.7 Å². The van der Waals surface area contributed by atoms with Crippen molar-refractivity contribution in [2.75, 3.05) is 41.0 Å². The van der Waals surface area contributed by atoms with Crippen LogP contribution in [-0.2, 0) is 42.9 Å². The Kier molecular flexibility index (Phi) is 25.5. The third-order valence-electron chi connectivity index (χ3n) is 14.7. The van der Waals surface area contributed by atoms with E-state index >= 15 is 0 Å². The second kappa shape index (κ2) is 29.3. The van der Waals surface area contributed by atoms with Gasteiger partial charge >= 0.3 is 5.97 Å². The van der Waals surface area contributed by atoms with Crippen molar-refractivity contribution in [1.82, 2.24) is 10.2 Å². The predicted molar refractivity (Wildman–Crippen MR) is 264 cm³/mol. The highest BCUT2D eigenvalue weighted by Gasteiger charge is 2.53. The number of esters is 1. The van der Waals surface area contributed by atoms with Crippen molar-refractivity contribution in [2.45, 2.75) is 193 Å². The number of nitrogens with zero attached hydrogens (tertiary/aromatic N) is 1. The van der Waals surface area contributed by atoms with Crippen molar-refractivity contribution < 1.29 is 58.2 Å². The van der Waals surface area contributed by atoms with Crippen molar-refractivity contribution in [2.24, 2.45) is 35.5 Å². The summed E-state index contributed by atoms with van der Waals surface area (Å²) in [6.45, 7) is 19.7. The second-order valence-electron chi connectivity index (χ2n) is 20.7. The van der Waals surface area contributed by atoms with Crippen molar-refractivity contribution in [3.8, 4) is 0 Å².